The molecule has 0 aromatic heterocycles. The van der Waals surface area contributed by atoms with E-state index in [1.807, 2.05) is 0 Å². The summed E-state index contributed by atoms with van der Waals surface area (Å²) in [4.78, 5) is -0.338. The van der Waals surface area contributed by atoms with Crippen LogP contribution in [0.1, 0.15) is 18.1 Å². The SMILES string of the molecule is CCc1cc(C(F)(C(F)(F)F)C(F)(F)F)cc(S)c1N. The number of hydrogen-bond acceptors (Lipinski definition) is 2. The fourth-order valence-corrected chi connectivity index (χ4v) is 1.96. The predicted octanol–water partition coefficient (Wildman–Crippen LogP) is 4.41. The summed E-state index contributed by atoms with van der Waals surface area (Å²) in [5, 5.41) is 0. The van der Waals surface area contributed by atoms with Gasteiger partial charge in [-0.05, 0) is 24.1 Å². The second-order valence-electron chi connectivity index (χ2n) is 4.08. The van der Waals surface area contributed by atoms with E-state index in [-0.39, 0.29) is 22.6 Å². The summed E-state index contributed by atoms with van der Waals surface area (Å²) in [6.45, 7) is 1.46. The Labute approximate surface area is 115 Å². The third kappa shape index (κ3) is 2.55. The maximum absolute atomic E-state index is 13.8. The molecule has 0 aliphatic carbocycles. The molecule has 0 saturated carbocycles. The summed E-state index contributed by atoms with van der Waals surface area (Å²) in [7, 11) is 0. The topological polar surface area (TPSA) is 26.0 Å². The number of halogens is 7. The van der Waals surface area contributed by atoms with E-state index in [9.17, 15) is 30.7 Å². The summed E-state index contributed by atoms with van der Waals surface area (Å²) < 4.78 is 89.5. The van der Waals surface area contributed by atoms with Crippen LogP contribution in [0.15, 0.2) is 17.0 Å². The predicted molar refractivity (Wildman–Crippen MR) is 62.4 cm³/mol. The lowest BCUT2D eigenvalue weighted by Gasteiger charge is -2.31. The second-order valence-corrected chi connectivity index (χ2v) is 4.56. The van der Waals surface area contributed by atoms with Crippen molar-refractivity contribution >= 4 is 18.3 Å². The van der Waals surface area contributed by atoms with Gasteiger partial charge in [0.05, 0.1) is 0 Å². The normalized spacial score (nSPS) is 13.7. The van der Waals surface area contributed by atoms with Crippen LogP contribution in [0.5, 0.6) is 0 Å². The Balaban J connectivity index is 3.65. The van der Waals surface area contributed by atoms with Crippen LogP contribution in [0.2, 0.25) is 0 Å². The third-order valence-corrected chi connectivity index (χ3v) is 3.17. The fraction of sp³-hybridized carbons (Fsp3) is 0.455. The highest BCUT2D eigenvalue weighted by molar-refractivity contribution is 7.80. The van der Waals surface area contributed by atoms with Gasteiger partial charge in [0.2, 0.25) is 0 Å². The molecule has 0 aliphatic heterocycles. The molecule has 0 unspecified atom stereocenters. The van der Waals surface area contributed by atoms with Crippen LogP contribution in [0, 0.1) is 0 Å². The molecule has 1 aromatic rings. The van der Waals surface area contributed by atoms with Crippen molar-refractivity contribution in [3.05, 3.63) is 23.3 Å². The molecule has 0 radical (unpaired) electrons. The molecule has 1 rings (SSSR count). The van der Waals surface area contributed by atoms with Crippen LogP contribution in [0.3, 0.4) is 0 Å². The second kappa shape index (κ2) is 5.01. The van der Waals surface area contributed by atoms with Gasteiger partial charge in [0.1, 0.15) is 0 Å². The van der Waals surface area contributed by atoms with Crippen molar-refractivity contribution in [2.45, 2.75) is 36.3 Å². The van der Waals surface area contributed by atoms with E-state index in [2.05, 4.69) is 12.6 Å². The lowest BCUT2D eigenvalue weighted by molar-refractivity contribution is -0.348. The standard InChI is InChI=1S/C11H10F7NS/c1-2-5-3-6(4-7(20)8(5)19)9(12,10(13,14)15)11(16,17)18/h3-4,20H,2,19H2,1H3. The Morgan fingerprint density at radius 3 is 1.80 bits per heavy atom. The third-order valence-electron chi connectivity index (χ3n) is 2.80. The van der Waals surface area contributed by atoms with Gasteiger partial charge in [-0.15, -0.1) is 12.6 Å². The first-order valence-corrected chi connectivity index (χ1v) is 5.75. The molecule has 0 heterocycles. The highest BCUT2D eigenvalue weighted by atomic mass is 32.1. The molecular formula is C11H10F7NS. The van der Waals surface area contributed by atoms with Gasteiger partial charge < -0.3 is 5.73 Å². The number of aryl methyl sites for hydroxylation is 1. The lowest BCUT2D eigenvalue weighted by atomic mass is 9.91. The van der Waals surface area contributed by atoms with E-state index in [4.69, 9.17) is 5.73 Å². The Bertz CT molecular complexity index is 493. The number of rotatable bonds is 2. The van der Waals surface area contributed by atoms with Gasteiger partial charge in [0, 0.05) is 16.1 Å². The molecule has 0 amide bonds. The first-order chi connectivity index (χ1) is 8.86. The average molecular weight is 321 g/mol. The molecule has 1 nitrogen and oxygen atoms in total. The Hall–Kier alpha value is -1.12. The minimum Gasteiger partial charge on any atom is -0.398 e. The summed E-state index contributed by atoms with van der Waals surface area (Å²) in [6.07, 6.45) is -12.3. The van der Waals surface area contributed by atoms with E-state index in [1.165, 1.54) is 6.92 Å². The average Bonchev–Trinajstić information content (AvgIpc) is 2.28. The van der Waals surface area contributed by atoms with Crippen LogP contribution >= 0.6 is 12.6 Å². The number of nitrogen functional groups attached to an aromatic ring is 1. The van der Waals surface area contributed by atoms with E-state index in [0.29, 0.717) is 12.1 Å². The number of benzene rings is 1. The summed E-state index contributed by atoms with van der Waals surface area (Å²) in [6, 6.07) is 0.814. The van der Waals surface area contributed by atoms with Gasteiger partial charge in [-0.3, -0.25) is 0 Å². The van der Waals surface area contributed by atoms with E-state index in [1.54, 1.807) is 0 Å². The van der Waals surface area contributed by atoms with Crippen LogP contribution < -0.4 is 5.73 Å². The molecule has 20 heavy (non-hydrogen) atoms. The van der Waals surface area contributed by atoms with Gasteiger partial charge in [0.25, 0.3) is 0 Å². The smallest absolute Gasteiger partial charge is 0.398 e. The first kappa shape index (κ1) is 16.9. The molecule has 114 valence electrons. The Kier molecular flexibility index (Phi) is 4.24. The molecule has 0 atom stereocenters. The van der Waals surface area contributed by atoms with Crippen molar-refractivity contribution in [3.8, 4) is 0 Å². The minimum atomic E-state index is -6.15. The highest BCUT2D eigenvalue weighted by Gasteiger charge is 2.73. The largest absolute Gasteiger partial charge is 0.435 e. The van der Waals surface area contributed by atoms with Crippen LogP contribution in [-0.2, 0) is 12.1 Å². The molecule has 1 aromatic carbocycles. The molecule has 0 spiro atoms. The lowest BCUT2D eigenvalue weighted by Crippen LogP contribution is -2.50. The van der Waals surface area contributed by atoms with Gasteiger partial charge >= 0.3 is 18.0 Å². The van der Waals surface area contributed by atoms with Crippen molar-refractivity contribution in [2.24, 2.45) is 0 Å². The summed E-state index contributed by atoms with van der Waals surface area (Å²) in [5.41, 5.74) is -1.69. The number of alkyl halides is 7. The zero-order chi connectivity index (χ0) is 15.9. The summed E-state index contributed by atoms with van der Waals surface area (Å²) in [5.74, 6) is 0. The van der Waals surface area contributed by atoms with E-state index < -0.39 is 23.6 Å². The minimum absolute atomic E-state index is 0.0389. The molecule has 2 N–H and O–H groups in total. The van der Waals surface area contributed by atoms with Crippen LogP contribution in [0.25, 0.3) is 0 Å². The van der Waals surface area contributed by atoms with E-state index >= 15 is 0 Å². The zero-order valence-electron chi connectivity index (χ0n) is 10.0. The van der Waals surface area contributed by atoms with E-state index in [0.717, 1.165) is 0 Å². The monoisotopic (exact) mass is 321 g/mol. The molecule has 9 heteroatoms. The van der Waals surface area contributed by atoms with Gasteiger partial charge in [0.15, 0.2) is 0 Å². The zero-order valence-corrected chi connectivity index (χ0v) is 10.9. The maximum Gasteiger partial charge on any atom is 0.435 e. The molecule has 0 fully saturated rings. The van der Waals surface area contributed by atoms with Crippen molar-refractivity contribution < 1.29 is 30.7 Å². The van der Waals surface area contributed by atoms with Crippen molar-refractivity contribution in [3.63, 3.8) is 0 Å². The van der Waals surface area contributed by atoms with Crippen molar-refractivity contribution in [1.82, 2.24) is 0 Å². The van der Waals surface area contributed by atoms with Gasteiger partial charge in [-0.2, -0.15) is 26.3 Å². The number of anilines is 1. The molecule has 0 aliphatic rings. The van der Waals surface area contributed by atoms with Crippen LogP contribution in [0.4, 0.5) is 36.4 Å². The number of nitrogens with two attached hydrogens (primary N) is 1. The molecule has 0 saturated heterocycles. The van der Waals surface area contributed by atoms with Gasteiger partial charge in [-0.25, -0.2) is 4.39 Å². The maximum atomic E-state index is 13.8. The number of hydrogen-bond donors (Lipinski definition) is 2. The molecule has 0 bridgehead atoms. The quantitative estimate of drug-likeness (QED) is 0.471. The fourth-order valence-electron chi connectivity index (χ4n) is 1.68. The van der Waals surface area contributed by atoms with Crippen molar-refractivity contribution in [2.75, 3.05) is 5.73 Å². The number of thiol groups is 1. The Morgan fingerprint density at radius 2 is 1.45 bits per heavy atom. The Morgan fingerprint density at radius 1 is 1.00 bits per heavy atom. The summed E-state index contributed by atoms with van der Waals surface area (Å²) >= 11 is 3.69. The van der Waals surface area contributed by atoms with Crippen molar-refractivity contribution in [1.29, 1.82) is 0 Å². The highest BCUT2D eigenvalue weighted by Crippen LogP contribution is 2.53. The first-order valence-electron chi connectivity index (χ1n) is 5.30. The van der Waals surface area contributed by atoms with Crippen LogP contribution in [-0.4, -0.2) is 12.4 Å². The molecular weight excluding hydrogens is 311 g/mol. The van der Waals surface area contributed by atoms with Gasteiger partial charge in [-0.1, -0.05) is 6.92 Å².